The second-order valence-electron chi connectivity index (χ2n) is 6.30. The van der Waals surface area contributed by atoms with Crippen LogP contribution in [0.25, 0.3) is 0 Å². The molecule has 0 bridgehead atoms. The maximum atomic E-state index is 15.0. The van der Waals surface area contributed by atoms with Crippen LogP contribution >= 0.6 is 11.8 Å². The third kappa shape index (κ3) is 5.35. The molecule has 1 heterocycles. The Kier molecular flexibility index (Phi) is 6.87. The number of rotatable bonds is 6. The third-order valence-electron chi connectivity index (χ3n) is 4.17. The predicted molar refractivity (Wildman–Crippen MR) is 104 cm³/mol. The van der Waals surface area contributed by atoms with E-state index in [0.29, 0.717) is 5.56 Å². The molecule has 0 N–H and O–H groups in total. The smallest absolute Gasteiger partial charge is 0.338 e. The third-order valence-corrected chi connectivity index (χ3v) is 5.55. The summed E-state index contributed by atoms with van der Waals surface area (Å²) >= 11 is 0.957. The zero-order valence-electron chi connectivity index (χ0n) is 15.5. The van der Waals surface area contributed by atoms with Gasteiger partial charge in [0.05, 0.1) is 16.4 Å². The topological polar surface area (TPSA) is 78.9 Å². The number of carbonyl (C=O) groups is 3. The first-order valence-electron chi connectivity index (χ1n) is 8.90. The van der Waals surface area contributed by atoms with Gasteiger partial charge in [-0.15, -0.1) is 11.8 Å². The molecule has 3 rings (SSSR count). The molecule has 0 saturated carbocycles. The van der Waals surface area contributed by atoms with Gasteiger partial charge in [-0.05, 0) is 24.3 Å². The molecule has 1 saturated heterocycles. The van der Waals surface area contributed by atoms with Crippen LogP contribution in [0.1, 0.15) is 27.6 Å². The fourth-order valence-electron chi connectivity index (χ4n) is 2.78. The van der Waals surface area contributed by atoms with Crippen LogP contribution < -0.4 is 0 Å². The summed E-state index contributed by atoms with van der Waals surface area (Å²) in [5, 5.41) is -0.847. The summed E-state index contributed by atoms with van der Waals surface area (Å²) in [7, 11) is 0. The molecule has 152 valence electrons. The van der Waals surface area contributed by atoms with Crippen molar-refractivity contribution in [3.63, 3.8) is 0 Å². The molecule has 2 aromatic rings. The number of alkyl halides is 1. The quantitative estimate of drug-likeness (QED) is 0.525. The summed E-state index contributed by atoms with van der Waals surface area (Å²) in [6.07, 6.45) is -2.99. The van der Waals surface area contributed by atoms with E-state index in [4.69, 9.17) is 14.2 Å². The SMILES string of the molecule is CC(=O)O[C@@H]1S[C@H](COC(=O)c2ccccc2)[C@H](F)C1OC(=O)c1ccccc1. The fraction of sp³-hybridized carbons (Fsp3) is 0.286. The van der Waals surface area contributed by atoms with Crippen LogP contribution in [0, 0.1) is 0 Å². The molecule has 1 aliphatic rings. The number of esters is 3. The van der Waals surface area contributed by atoms with Gasteiger partial charge in [-0.3, -0.25) is 4.79 Å². The van der Waals surface area contributed by atoms with Gasteiger partial charge in [-0.25, -0.2) is 14.0 Å². The molecule has 1 aliphatic heterocycles. The Hall–Kier alpha value is -2.87. The molecule has 6 nitrogen and oxygen atoms in total. The van der Waals surface area contributed by atoms with E-state index in [1.54, 1.807) is 48.5 Å². The lowest BCUT2D eigenvalue weighted by atomic mass is 10.1. The number of thioether (sulfide) groups is 1. The standard InChI is InChI=1S/C21H19FO6S/c1-13(23)27-21-18(28-20(25)15-10-6-3-7-11-15)17(22)16(29-21)12-26-19(24)14-8-4-2-5-9-14/h2-11,16-18,21H,12H2,1H3/t16-,17+,18?,21-/m1/s1. The molecule has 0 radical (unpaired) electrons. The highest BCUT2D eigenvalue weighted by Gasteiger charge is 2.49. The van der Waals surface area contributed by atoms with Crippen LogP contribution in [0.3, 0.4) is 0 Å². The number of benzene rings is 2. The van der Waals surface area contributed by atoms with Gasteiger partial charge in [0.15, 0.2) is 17.7 Å². The van der Waals surface area contributed by atoms with Gasteiger partial charge in [0.25, 0.3) is 0 Å². The number of hydrogen-bond donors (Lipinski definition) is 0. The first-order valence-corrected chi connectivity index (χ1v) is 9.85. The Balaban J connectivity index is 1.66. The lowest BCUT2D eigenvalue weighted by Gasteiger charge is -2.20. The van der Waals surface area contributed by atoms with E-state index in [0.717, 1.165) is 11.8 Å². The van der Waals surface area contributed by atoms with E-state index in [1.807, 2.05) is 0 Å². The van der Waals surface area contributed by atoms with Gasteiger partial charge < -0.3 is 14.2 Å². The first kappa shape index (κ1) is 20.9. The van der Waals surface area contributed by atoms with Crippen molar-refractivity contribution in [2.75, 3.05) is 6.61 Å². The Morgan fingerprint density at radius 2 is 1.45 bits per heavy atom. The zero-order chi connectivity index (χ0) is 20.8. The van der Waals surface area contributed by atoms with Crippen molar-refractivity contribution in [2.24, 2.45) is 0 Å². The molecule has 0 aromatic heterocycles. The van der Waals surface area contributed by atoms with Crippen molar-refractivity contribution in [1.29, 1.82) is 0 Å². The second-order valence-corrected chi connectivity index (χ2v) is 7.64. The van der Waals surface area contributed by atoms with E-state index in [1.165, 1.54) is 19.1 Å². The lowest BCUT2D eigenvalue weighted by Crippen LogP contribution is -2.37. The van der Waals surface area contributed by atoms with Gasteiger partial charge in [0.1, 0.15) is 6.61 Å². The van der Waals surface area contributed by atoms with Gasteiger partial charge in [0.2, 0.25) is 0 Å². The summed E-state index contributed by atoms with van der Waals surface area (Å²) in [5.74, 6) is -1.94. The van der Waals surface area contributed by atoms with Crippen LogP contribution in [-0.4, -0.2) is 47.5 Å². The fourth-order valence-corrected chi connectivity index (χ4v) is 4.13. The van der Waals surface area contributed by atoms with Crippen molar-refractivity contribution in [3.05, 3.63) is 71.8 Å². The minimum Gasteiger partial charge on any atom is -0.461 e. The normalized spacial score (nSPS) is 23.2. The number of hydrogen-bond acceptors (Lipinski definition) is 7. The molecule has 0 spiro atoms. The van der Waals surface area contributed by atoms with E-state index < -0.39 is 40.9 Å². The van der Waals surface area contributed by atoms with Crippen LogP contribution in [0.15, 0.2) is 60.7 Å². The van der Waals surface area contributed by atoms with E-state index in [9.17, 15) is 14.4 Å². The van der Waals surface area contributed by atoms with Crippen LogP contribution in [0.2, 0.25) is 0 Å². The van der Waals surface area contributed by atoms with Crippen LogP contribution in [-0.2, 0) is 19.0 Å². The minimum absolute atomic E-state index is 0.253. The Morgan fingerprint density at radius 3 is 2.00 bits per heavy atom. The highest BCUT2D eigenvalue weighted by Crippen LogP contribution is 2.39. The molecule has 8 heteroatoms. The Morgan fingerprint density at radius 1 is 0.897 bits per heavy atom. The van der Waals surface area contributed by atoms with Crippen molar-refractivity contribution >= 4 is 29.7 Å². The molecule has 2 aromatic carbocycles. The predicted octanol–water partition coefficient (Wildman–Crippen LogP) is 3.41. The highest BCUT2D eigenvalue weighted by atomic mass is 32.2. The van der Waals surface area contributed by atoms with Crippen molar-refractivity contribution < 1.29 is 33.0 Å². The van der Waals surface area contributed by atoms with E-state index >= 15 is 4.39 Å². The molecule has 29 heavy (non-hydrogen) atoms. The Labute approximate surface area is 171 Å². The number of halogens is 1. The number of carbonyl (C=O) groups excluding carboxylic acids is 3. The average molecular weight is 418 g/mol. The van der Waals surface area contributed by atoms with Gasteiger partial charge in [-0.1, -0.05) is 36.4 Å². The monoisotopic (exact) mass is 418 g/mol. The summed E-state index contributed by atoms with van der Waals surface area (Å²) in [5.41, 5.74) is -0.435. The van der Waals surface area contributed by atoms with Crippen molar-refractivity contribution in [2.45, 2.75) is 29.9 Å². The van der Waals surface area contributed by atoms with Crippen LogP contribution in [0.5, 0.6) is 0 Å². The molecule has 0 aliphatic carbocycles. The molecular weight excluding hydrogens is 399 g/mol. The summed E-state index contributed by atoms with van der Waals surface area (Å²) in [6, 6.07) is 16.4. The van der Waals surface area contributed by atoms with Crippen molar-refractivity contribution in [3.8, 4) is 0 Å². The molecule has 1 unspecified atom stereocenters. The van der Waals surface area contributed by atoms with Gasteiger partial charge >= 0.3 is 17.9 Å². The first-order chi connectivity index (χ1) is 14.0. The Bertz CT molecular complexity index is 860. The average Bonchev–Trinajstić information content (AvgIpc) is 3.01. The molecule has 0 amide bonds. The summed E-state index contributed by atoms with van der Waals surface area (Å²) in [6.45, 7) is 0.934. The highest BCUT2D eigenvalue weighted by molar-refractivity contribution is 8.00. The lowest BCUT2D eigenvalue weighted by molar-refractivity contribution is -0.147. The van der Waals surface area contributed by atoms with E-state index in [-0.39, 0.29) is 12.2 Å². The molecule has 4 atom stereocenters. The molecule has 1 fully saturated rings. The maximum Gasteiger partial charge on any atom is 0.338 e. The minimum atomic E-state index is -1.68. The molecular formula is C21H19FO6S. The number of ether oxygens (including phenoxy) is 3. The maximum absolute atomic E-state index is 15.0. The zero-order valence-corrected chi connectivity index (χ0v) is 16.3. The second kappa shape index (κ2) is 9.56. The van der Waals surface area contributed by atoms with Gasteiger partial charge in [0, 0.05) is 6.92 Å². The van der Waals surface area contributed by atoms with E-state index in [2.05, 4.69) is 0 Å². The van der Waals surface area contributed by atoms with Crippen LogP contribution in [0.4, 0.5) is 4.39 Å². The largest absolute Gasteiger partial charge is 0.461 e. The van der Waals surface area contributed by atoms with Crippen molar-refractivity contribution in [1.82, 2.24) is 0 Å². The summed E-state index contributed by atoms with van der Waals surface area (Å²) in [4.78, 5) is 35.8. The van der Waals surface area contributed by atoms with Gasteiger partial charge in [-0.2, -0.15) is 0 Å². The summed E-state index contributed by atoms with van der Waals surface area (Å²) < 4.78 is 30.6.